The molecular formula is C22H31N3O. The van der Waals surface area contributed by atoms with Gasteiger partial charge in [-0.2, -0.15) is 0 Å². The summed E-state index contributed by atoms with van der Waals surface area (Å²) < 4.78 is 0. The van der Waals surface area contributed by atoms with Gasteiger partial charge in [0.15, 0.2) is 0 Å². The highest BCUT2D eigenvalue weighted by Gasteiger charge is 2.41. The number of carbonyl (C=O) groups excluding carboxylic acids is 1. The van der Waals surface area contributed by atoms with Gasteiger partial charge >= 0.3 is 0 Å². The van der Waals surface area contributed by atoms with E-state index >= 15 is 0 Å². The number of nitrogens with one attached hydrogen (secondary N) is 2. The van der Waals surface area contributed by atoms with Crippen LogP contribution in [0.4, 0.5) is 0 Å². The van der Waals surface area contributed by atoms with E-state index in [9.17, 15) is 4.79 Å². The topological polar surface area (TPSA) is 48.1 Å². The van der Waals surface area contributed by atoms with Crippen LogP contribution in [-0.4, -0.2) is 41.0 Å². The van der Waals surface area contributed by atoms with Gasteiger partial charge in [0.05, 0.1) is 0 Å². The van der Waals surface area contributed by atoms with Gasteiger partial charge in [0.2, 0.25) is 5.91 Å². The normalized spacial score (nSPS) is 25.9. The summed E-state index contributed by atoms with van der Waals surface area (Å²) in [5, 5.41) is 4.77. The van der Waals surface area contributed by atoms with Gasteiger partial charge in [-0.25, -0.2) is 0 Å². The van der Waals surface area contributed by atoms with Crippen molar-refractivity contribution in [1.82, 2.24) is 15.2 Å². The summed E-state index contributed by atoms with van der Waals surface area (Å²) in [6.07, 6.45) is 5.49. The molecule has 1 aliphatic heterocycles. The minimum absolute atomic E-state index is 0.161. The number of likely N-dealkylation sites (tertiary alicyclic amines) is 1. The van der Waals surface area contributed by atoms with Crippen molar-refractivity contribution in [2.75, 3.05) is 13.1 Å². The minimum atomic E-state index is -0.340. The van der Waals surface area contributed by atoms with Gasteiger partial charge in [0.1, 0.15) is 0 Å². The lowest BCUT2D eigenvalue weighted by Crippen LogP contribution is -2.57. The molecule has 0 radical (unpaired) electrons. The smallest absolute Gasteiger partial charge is 0.225 e. The first kappa shape index (κ1) is 17.6. The van der Waals surface area contributed by atoms with E-state index in [4.69, 9.17) is 0 Å². The molecule has 4 heteroatoms. The fourth-order valence-corrected chi connectivity index (χ4v) is 4.85. The number of rotatable bonds is 3. The molecule has 4 rings (SSSR count). The molecule has 26 heavy (non-hydrogen) atoms. The quantitative estimate of drug-likeness (QED) is 0.881. The summed E-state index contributed by atoms with van der Waals surface area (Å²) >= 11 is 0. The summed E-state index contributed by atoms with van der Waals surface area (Å²) in [6, 6.07) is 7.42. The summed E-state index contributed by atoms with van der Waals surface area (Å²) in [5.74, 6) is 0.654. The van der Waals surface area contributed by atoms with Crippen molar-refractivity contribution in [2.45, 2.75) is 65.0 Å². The monoisotopic (exact) mass is 353 g/mol. The third kappa shape index (κ3) is 2.94. The molecule has 2 aliphatic rings. The van der Waals surface area contributed by atoms with Crippen molar-refractivity contribution >= 4 is 16.8 Å². The Bertz CT molecular complexity index is 816. The molecule has 140 valence electrons. The van der Waals surface area contributed by atoms with Gasteiger partial charge in [0, 0.05) is 47.1 Å². The van der Waals surface area contributed by atoms with Crippen molar-refractivity contribution < 1.29 is 4.79 Å². The molecule has 0 bridgehead atoms. The first-order valence-electron chi connectivity index (χ1n) is 10.0. The van der Waals surface area contributed by atoms with Crippen LogP contribution in [0, 0.1) is 5.41 Å². The molecule has 1 aliphatic carbocycles. The Morgan fingerprint density at radius 1 is 1.35 bits per heavy atom. The first-order chi connectivity index (χ1) is 12.4. The number of amides is 1. The van der Waals surface area contributed by atoms with Crippen LogP contribution in [0.15, 0.2) is 24.4 Å². The van der Waals surface area contributed by atoms with Gasteiger partial charge in [-0.3, -0.25) is 9.69 Å². The van der Waals surface area contributed by atoms with E-state index in [0.29, 0.717) is 12.0 Å². The third-order valence-corrected chi connectivity index (χ3v) is 6.10. The molecule has 2 aromatic rings. The molecule has 2 heterocycles. The van der Waals surface area contributed by atoms with Crippen LogP contribution in [0.2, 0.25) is 0 Å². The van der Waals surface area contributed by atoms with E-state index in [1.165, 1.54) is 22.0 Å². The average molecular weight is 354 g/mol. The molecule has 1 aromatic heterocycles. The maximum atomic E-state index is 12.6. The Labute approximate surface area is 156 Å². The van der Waals surface area contributed by atoms with Crippen LogP contribution in [0.25, 0.3) is 10.9 Å². The Morgan fingerprint density at radius 2 is 2.15 bits per heavy atom. The van der Waals surface area contributed by atoms with Crippen molar-refractivity contribution in [1.29, 1.82) is 0 Å². The lowest BCUT2D eigenvalue weighted by molar-refractivity contribution is -0.129. The van der Waals surface area contributed by atoms with E-state index in [1.54, 1.807) is 0 Å². The van der Waals surface area contributed by atoms with Crippen molar-refractivity contribution in [3.8, 4) is 0 Å². The maximum absolute atomic E-state index is 12.6. The molecule has 1 aromatic carbocycles. The van der Waals surface area contributed by atoms with Crippen LogP contribution in [0.5, 0.6) is 0 Å². The lowest BCUT2D eigenvalue weighted by Gasteiger charge is -2.47. The van der Waals surface area contributed by atoms with Gasteiger partial charge in [-0.1, -0.05) is 39.8 Å². The molecule has 0 spiro atoms. The van der Waals surface area contributed by atoms with E-state index in [-0.39, 0.29) is 17.4 Å². The molecule has 2 N–H and O–H groups in total. The van der Waals surface area contributed by atoms with Crippen molar-refractivity contribution in [3.05, 3.63) is 35.5 Å². The minimum Gasteiger partial charge on any atom is -0.361 e. The van der Waals surface area contributed by atoms with E-state index < -0.39 is 0 Å². The van der Waals surface area contributed by atoms with Crippen LogP contribution >= 0.6 is 0 Å². The van der Waals surface area contributed by atoms with Crippen LogP contribution in [0.3, 0.4) is 0 Å². The average Bonchev–Trinajstić information content (AvgIpc) is 3.00. The SMILES string of the molecule is CCCN1C[C@@H](NC(=O)C(C)(C)C)CC2c3cccc4[nH]cc(c34)C[C@H]21. The van der Waals surface area contributed by atoms with Crippen LogP contribution in [-0.2, 0) is 11.2 Å². The molecule has 1 fully saturated rings. The number of hydrogen-bond donors (Lipinski definition) is 2. The van der Waals surface area contributed by atoms with Crippen molar-refractivity contribution in [3.63, 3.8) is 0 Å². The maximum Gasteiger partial charge on any atom is 0.225 e. The zero-order valence-electron chi connectivity index (χ0n) is 16.4. The molecule has 4 nitrogen and oxygen atoms in total. The third-order valence-electron chi connectivity index (χ3n) is 6.10. The molecule has 0 saturated carbocycles. The van der Waals surface area contributed by atoms with Crippen molar-refractivity contribution in [2.24, 2.45) is 5.41 Å². The standard InChI is InChI=1S/C22H31N3O/c1-5-9-25-13-15(24-21(26)22(2,3)4)11-17-16-7-6-8-18-20(16)14(12-23-18)10-19(17)25/h6-8,12,15,17,19,23H,5,9-11,13H2,1-4H3,(H,24,26)/t15-,17?,19+/m0/s1. The molecule has 1 amide bonds. The van der Waals surface area contributed by atoms with Gasteiger partial charge in [-0.15, -0.1) is 0 Å². The zero-order chi connectivity index (χ0) is 18.5. The van der Waals surface area contributed by atoms with Gasteiger partial charge in [-0.05, 0) is 43.0 Å². The highest BCUT2D eigenvalue weighted by Crippen LogP contribution is 2.43. The van der Waals surface area contributed by atoms with E-state index in [0.717, 1.165) is 32.4 Å². The largest absolute Gasteiger partial charge is 0.361 e. The summed E-state index contributed by atoms with van der Waals surface area (Å²) in [7, 11) is 0. The number of benzene rings is 1. The zero-order valence-corrected chi connectivity index (χ0v) is 16.4. The predicted molar refractivity (Wildman–Crippen MR) is 106 cm³/mol. The highest BCUT2D eigenvalue weighted by atomic mass is 16.2. The van der Waals surface area contributed by atoms with Gasteiger partial charge in [0.25, 0.3) is 0 Å². The number of H-pyrrole nitrogens is 1. The lowest BCUT2D eigenvalue weighted by atomic mass is 9.73. The Hall–Kier alpha value is -1.81. The summed E-state index contributed by atoms with van der Waals surface area (Å²) in [4.78, 5) is 18.6. The fraction of sp³-hybridized carbons (Fsp3) is 0.591. The predicted octanol–water partition coefficient (Wildman–Crippen LogP) is 3.82. The number of aromatic nitrogens is 1. The van der Waals surface area contributed by atoms with Gasteiger partial charge < -0.3 is 10.3 Å². The summed E-state index contributed by atoms with van der Waals surface area (Å²) in [5.41, 5.74) is 3.83. The van der Waals surface area contributed by atoms with E-state index in [2.05, 4.69) is 46.5 Å². The number of hydrogen-bond acceptors (Lipinski definition) is 2. The number of aromatic amines is 1. The number of piperidine rings is 1. The second-order valence-corrected chi connectivity index (χ2v) is 9.11. The van der Waals surface area contributed by atoms with E-state index in [1.807, 2.05) is 20.8 Å². The second-order valence-electron chi connectivity index (χ2n) is 9.11. The highest BCUT2D eigenvalue weighted by molar-refractivity contribution is 5.88. The first-order valence-corrected chi connectivity index (χ1v) is 10.0. The Morgan fingerprint density at radius 3 is 2.88 bits per heavy atom. The summed E-state index contributed by atoms with van der Waals surface area (Å²) in [6.45, 7) is 10.3. The second kappa shape index (κ2) is 6.41. The Kier molecular flexibility index (Phi) is 4.34. The molecular weight excluding hydrogens is 322 g/mol. The van der Waals surface area contributed by atoms with Crippen LogP contribution < -0.4 is 5.32 Å². The molecule has 3 atom stereocenters. The number of fused-ring (bicyclic) bond motifs is 2. The fourth-order valence-electron chi connectivity index (χ4n) is 4.85. The molecule has 1 saturated heterocycles. The molecule has 1 unspecified atom stereocenters. The number of carbonyl (C=O) groups is 1. The Balaban J connectivity index is 1.67. The number of nitrogens with zero attached hydrogens (tertiary/aromatic N) is 1. The van der Waals surface area contributed by atoms with Crippen LogP contribution in [0.1, 0.15) is 57.6 Å².